The van der Waals surface area contributed by atoms with Gasteiger partial charge in [0.15, 0.2) is 5.78 Å². The van der Waals surface area contributed by atoms with Crippen molar-refractivity contribution in [2.24, 2.45) is 11.3 Å². The molecule has 0 unspecified atom stereocenters. The van der Waals surface area contributed by atoms with Crippen LogP contribution in [-0.4, -0.2) is 69.5 Å². The first kappa shape index (κ1) is 22.1. The van der Waals surface area contributed by atoms with E-state index in [-0.39, 0.29) is 22.7 Å². The number of carbonyl (C=O) groups excluding carboxylic acids is 2. The van der Waals surface area contributed by atoms with E-state index in [4.69, 9.17) is 9.47 Å². The maximum atomic E-state index is 12.6. The highest BCUT2D eigenvalue weighted by molar-refractivity contribution is 5.97. The van der Waals surface area contributed by atoms with E-state index in [0.29, 0.717) is 12.8 Å². The zero-order valence-corrected chi connectivity index (χ0v) is 16.8. The van der Waals surface area contributed by atoms with Gasteiger partial charge in [0, 0.05) is 12.0 Å². The van der Waals surface area contributed by atoms with Crippen LogP contribution in [0.1, 0.15) is 46.0 Å². The second kappa shape index (κ2) is 8.28. The number of ether oxygens (including phenoxy) is 2. The molecule has 3 aliphatic rings. The maximum Gasteiger partial charge on any atom is 0.336 e. The number of rotatable bonds is 4. The Balaban J connectivity index is 1.69. The second-order valence-corrected chi connectivity index (χ2v) is 8.65. The first-order valence-corrected chi connectivity index (χ1v) is 10.0. The number of aliphatic hydroxyl groups excluding tert-OH is 4. The smallest absolute Gasteiger partial charge is 0.336 e. The number of carbonyl (C=O) groups is 2. The molecule has 0 bridgehead atoms. The quantitative estimate of drug-likeness (QED) is 0.386. The minimum atomic E-state index is -1.65. The van der Waals surface area contributed by atoms with Gasteiger partial charge in [-0.1, -0.05) is 19.1 Å². The van der Waals surface area contributed by atoms with Gasteiger partial charge < -0.3 is 29.9 Å². The molecule has 0 aromatic carbocycles. The molecule has 2 fully saturated rings. The molecule has 4 N–H and O–H groups in total. The molecule has 3 rings (SSSR count). The zero-order valence-electron chi connectivity index (χ0n) is 16.8. The SMILES string of the molecule is C=C(C(=O)O[C@@H]1O[C@H](CO)[C@@H](O)[C@H](O)[C@H]1O)[C@@H]1CC[C@@]2(C)CCC(=O)C(C)=C2C1. The largest absolute Gasteiger partial charge is 0.429 e. The molecular weight excluding hydrogens is 380 g/mol. The number of hydrogen-bond acceptors (Lipinski definition) is 8. The van der Waals surface area contributed by atoms with Crippen molar-refractivity contribution in [3.8, 4) is 0 Å². The Morgan fingerprint density at radius 1 is 1.24 bits per heavy atom. The van der Waals surface area contributed by atoms with Crippen molar-refractivity contribution >= 4 is 11.8 Å². The summed E-state index contributed by atoms with van der Waals surface area (Å²) in [6, 6.07) is 0. The van der Waals surface area contributed by atoms with Gasteiger partial charge in [-0.15, -0.1) is 0 Å². The van der Waals surface area contributed by atoms with Gasteiger partial charge in [0.2, 0.25) is 6.29 Å². The number of Topliss-reactive ketones (excluding diaryl/α,β-unsaturated/α-hetero) is 1. The van der Waals surface area contributed by atoms with Crippen LogP contribution in [0.15, 0.2) is 23.3 Å². The molecule has 0 aromatic rings. The van der Waals surface area contributed by atoms with Crippen LogP contribution in [0.2, 0.25) is 0 Å². The van der Waals surface area contributed by atoms with Gasteiger partial charge in [0.25, 0.3) is 0 Å². The third-order valence-electron chi connectivity index (χ3n) is 6.83. The number of fused-ring (bicyclic) bond motifs is 1. The number of esters is 1. The molecule has 0 radical (unpaired) electrons. The fraction of sp³-hybridized carbons (Fsp3) is 0.714. The van der Waals surface area contributed by atoms with E-state index < -0.39 is 43.3 Å². The van der Waals surface area contributed by atoms with Crippen molar-refractivity contribution in [3.63, 3.8) is 0 Å². The van der Waals surface area contributed by atoms with Gasteiger partial charge in [-0.2, -0.15) is 0 Å². The Morgan fingerprint density at radius 3 is 2.59 bits per heavy atom. The molecule has 0 aromatic heterocycles. The van der Waals surface area contributed by atoms with E-state index >= 15 is 0 Å². The third kappa shape index (κ3) is 4.04. The van der Waals surface area contributed by atoms with Crippen LogP contribution in [0.3, 0.4) is 0 Å². The highest BCUT2D eigenvalue weighted by atomic mass is 16.7. The van der Waals surface area contributed by atoms with E-state index in [1.807, 2.05) is 6.92 Å². The number of ketones is 1. The van der Waals surface area contributed by atoms with Crippen LogP contribution in [0.4, 0.5) is 0 Å². The summed E-state index contributed by atoms with van der Waals surface area (Å²) in [5.74, 6) is -0.827. The lowest BCUT2D eigenvalue weighted by molar-refractivity contribution is -0.291. The van der Waals surface area contributed by atoms with Crippen LogP contribution in [0.25, 0.3) is 0 Å². The van der Waals surface area contributed by atoms with Gasteiger partial charge >= 0.3 is 5.97 Å². The fourth-order valence-corrected chi connectivity index (χ4v) is 4.68. The minimum absolute atomic E-state index is 0.0318. The van der Waals surface area contributed by atoms with Crippen molar-refractivity contribution in [2.45, 2.75) is 76.7 Å². The lowest BCUT2D eigenvalue weighted by Crippen LogP contribution is -2.59. The number of allylic oxidation sites excluding steroid dienone is 2. The van der Waals surface area contributed by atoms with E-state index in [9.17, 15) is 30.0 Å². The molecule has 0 amide bonds. The minimum Gasteiger partial charge on any atom is -0.429 e. The van der Waals surface area contributed by atoms with Crippen molar-refractivity contribution in [1.29, 1.82) is 0 Å². The molecule has 8 nitrogen and oxygen atoms in total. The van der Waals surface area contributed by atoms with Gasteiger partial charge in [-0.25, -0.2) is 4.79 Å². The van der Waals surface area contributed by atoms with E-state index in [2.05, 4.69) is 13.5 Å². The number of aliphatic hydroxyl groups is 4. The molecule has 2 aliphatic carbocycles. The molecule has 162 valence electrons. The predicted molar refractivity (Wildman–Crippen MR) is 101 cm³/mol. The Labute approximate surface area is 169 Å². The van der Waals surface area contributed by atoms with Crippen LogP contribution in [0.5, 0.6) is 0 Å². The number of hydrogen-bond donors (Lipinski definition) is 4. The Bertz CT molecular complexity index is 726. The lowest BCUT2D eigenvalue weighted by atomic mass is 9.60. The monoisotopic (exact) mass is 410 g/mol. The lowest BCUT2D eigenvalue weighted by Gasteiger charge is -2.44. The molecule has 1 saturated carbocycles. The molecule has 1 saturated heterocycles. The summed E-state index contributed by atoms with van der Waals surface area (Å²) in [6.07, 6.45) is -4.00. The maximum absolute atomic E-state index is 12.6. The molecular formula is C21H30O8. The highest BCUT2D eigenvalue weighted by Gasteiger charge is 2.46. The standard InChI is InChI=1S/C21H30O8/c1-10(12-4-6-21(3)7-5-14(23)11(2)13(21)8-12)19(27)29-20-18(26)17(25)16(24)15(9-22)28-20/h12,15-18,20,22,24-26H,1,4-9H2,2-3H3/t12-,15-,16-,17+,18-,20+,21+/m1/s1. The van der Waals surface area contributed by atoms with E-state index in [1.54, 1.807) is 0 Å². The molecule has 1 aliphatic heterocycles. The first-order valence-electron chi connectivity index (χ1n) is 10.0. The Kier molecular flexibility index (Phi) is 6.31. The highest BCUT2D eigenvalue weighted by Crippen LogP contribution is 2.51. The summed E-state index contributed by atoms with van der Waals surface area (Å²) in [5.41, 5.74) is 2.03. The zero-order chi connectivity index (χ0) is 21.5. The van der Waals surface area contributed by atoms with Crippen LogP contribution in [0, 0.1) is 11.3 Å². The molecule has 0 spiro atoms. The normalized spacial score (nSPS) is 40.4. The average molecular weight is 410 g/mol. The average Bonchev–Trinajstić information content (AvgIpc) is 2.70. The van der Waals surface area contributed by atoms with Crippen LogP contribution in [-0.2, 0) is 19.1 Å². The van der Waals surface area contributed by atoms with Crippen molar-refractivity contribution in [2.75, 3.05) is 6.61 Å². The first-order chi connectivity index (χ1) is 13.6. The molecule has 1 heterocycles. The van der Waals surface area contributed by atoms with E-state index in [0.717, 1.165) is 30.4 Å². The Morgan fingerprint density at radius 2 is 1.93 bits per heavy atom. The van der Waals surface area contributed by atoms with Crippen molar-refractivity contribution < 1.29 is 39.5 Å². The molecule has 29 heavy (non-hydrogen) atoms. The summed E-state index contributed by atoms with van der Waals surface area (Å²) < 4.78 is 10.4. The van der Waals surface area contributed by atoms with Crippen molar-refractivity contribution in [1.82, 2.24) is 0 Å². The molecule has 8 heteroatoms. The summed E-state index contributed by atoms with van der Waals surface area (Å²) >= 11 is 0. The summed E-state index contributed by atoms with van der Waals surface area (Å²) in [5, 5.41) is 38.9. The fourth-order valence-electron chi connectivity index (χ4n) is 4.68. The summed E-state index contributed by atoms with van der Waals surface area (Å²) in [4.78, 5) is 24.8. The van der Waals surface area contributed by atoms with Gasteiger partial charge in [-0.3, -0.25) is 4.79 Å². The molecule has 7 atom stereocenters. The topological polar surface area (TPSA) is 134 Å². The van der Waals surface area contributed by atoms with Gasteiger partial charge in [0.1, 0.15) is 24.4 Å². The summed E-state index contributed by atoms with van der Waals surface area (Å²) in [7, 11) is 0. The van der Waals surface area contributed by atoms with Gasteiger partial charge in [0.05, 0.1) is 6.61 Å². The second-order valence-electron chi connectivity index (χ2n) is 8.65. The van der Waals surface area contributed by atoms with Crippen LogP contribution < -0.4 is 0 Å². The Hall–Kier alpha value is -1.58. The van der Waals surface area contributed by atoms with Crippen molar-refractivity contribution in [3.05, 3.63) is 23.3 Å². The third-order valence-corrected chi connectivity index (χ3v) is 6.83. The summed E-state index contributed by atoms with van der Waals surface area (Å²) in [6.45, 7) is 7.25. The van der Waals surface area contributed by atoms with Gasteiger partial charge in [-0.05, 0) is 49.5 Å². The predicted octanol–water partition coefficient (Wildman–Crippen LogP) is 0.371. The van der Waals surface area contributed by atoms with Crippen LogP contribution >= 0.6 is 0 Å². The van der Waals surface area contributed by atoms with E-state index in [1.165, 1.54) is 0 Å².